The molecule has 4 nitrogen and oxygen atoms in total. The number of nitrogens with zero attached hydrogens (tertiary/aromatic N) is 1. The van der Waals surface area contributed by atoms with Crippen molar-refractivity contribution < 1.29 is 9.18 Å². The summed E-state index contributed by atoms with van der Waals surface area (Å²) >= 11 is 0. The van der Waals surface area contributed by atoms with Gasteiger partial charge in [-0.15, -0.1) is 0 Å². The van der Waals surface area contributed by atoms with E-state index in [0.29, 0.717) is 13.1 Å². The molecule has 5 heteroatoms. The molecule has 0 aromatic heterocycles. The number of carbonyl (C=O) groups excluding carboxylic acids is 1. The molecule has 1 fully saturated rings. The molecule has 1 amide bonds. The number of halogens is 1. The minimum atomic E-state index is -0.280. The van der Waals surface area contributed by atoms with Crippen LogP contribution in [0.15, 0.2) is 24.3 Å². The Bertz CT molecular complexity index is 424. The molecule has 1 aromatic rings. The van der Waals surface area contributed by atoms with Gasteiger partial charge in [-0.2, -0.15) is 0 Å². The second-order valence-corrected chi connectivity index (χ2v) is 4.62. The Morgan fingerprint density at radius 3 is 3.17 bits per heavy atom. The number of benzene rings is 1. The van der Waals surface area contributed by atoms with Crippen LogP contribution < -0.4 is 10.6 Å². The Balaban J connectivity index is 1.84. The van der Waals surface area contributed by atoms with E-state index in [1.54, 1.807) is 12.1 Å². The van der Waals surface area contributed by atoms with Crippen LogP contribution in [-0.4, -0.2) is 43.5 Å². The molecule has 1 saturated heterocycles. The molecule has 0 spiro atoms. The van der Waals surface area contributed by atoms with Gasteiger partial charge < -0.3 is 15.5 Å². The zero-order chi connectivity index (χ0) is 13.0. The van der Waals surface area contributed by atoms with Gasteiger partial charge in [-0.25, -0.2) is 4.39 Å². The molecule has 2 N–H and O–H groups in total. The molecule has 1 aliphatic rings. The van der Waals surface area contributed by atoms with Crippen LogP contribution in [0.3, 0.4) is 0 Å². The Morgan fingerprint density at radius 1 is 1.61 bits per heavy atom. The van der Waals surface area contributed by atoms with Crippen molar-refractivity contribution >= 4 is 5.91 Å². The maximum absolute atomic E-state index is 13.0. The van der Waals surface area contributed by atoms with Gasteiger partial charge in [0.1, 0.15) is 5.82 Å². The van der Waals surface area contributed by atoms with Crippen molar-refractivity contribution in [3.8, 4) is 0 Å². The molecule has 0 bridgehead atoms. The molecule has 1 heterocycles. The first-order valence-corrected chi connectivity index (χ1v) is 6.09. The zero-order valence-corrected chi connectivity index (χ0v) is 10.4. The first kappa shape index (κ1) is 13.0. The van der Waals surface area contributed by atoms with Gasteiger partial charge in [0, 0.05) is 26.2 Å². The molecular formula is C13H18FN3O. The van der Waals surface area contributed by atoms with Gasteiger partial charge in [-0.05, 0) is 24.7 Å². The molecule has 98 valence electrons. The monoisotopic (exact) mass is 251 g/mol. The summed E-state index contributed by atoms with van der Waals surface area (Å²) in [6, 6.07) is 6.08. The van der Waals surface area contributed by atoms with E-state index in [1.165, 1.54) is 12.1 Å². The predicted octanol–water partition coefficient (Wildman–Crippen LogP) is 0.345. The lowest BCUT2D eigenvalue weighted by atomic mass is 10.2. The number of piperazine rings is 1. The number of nitrogens with one attached hydrogen (secondary N) is 2. The average molecular weight is 251 g/mol. The average Bonchev–Trinajstić information content (AvgIpc) is 2.36. The molecule has 0 radical (unpaired) electrons. The number of hydrogen-bond acceptors (Lipinski definition) is 3. The molecule has 0 aliphatic carbocycles. The zero-order valence-electron chi connectivity index (χ0n) is 10.4. The van der Waals surface area contributed by atoms with Crippen LogP contribution in [0, 0.1) is 5.82 Å². The maximum atomic E-state index is 13.0. The van der Waals surface area contributed by atoms with Gasteiger partial charge in [-0.1, -0.05) is 12.1 Å². The van der Waals surface area contributed by atoms with Crippen LogP contribution >= 0.6 is 0 Å². The number of hydrogen-bond donors (Lipinski definition) is 2. The second-order valence-electron chi connectivity index (χ2n) is 4.62. The number of rotatable bonds is 3. The lowest BCUT2D eigenvalue weighted by Crippen LogP contribution is -2.55. The summed E-state index contributed by atoms with van der Waals surface area (Å²) in [6.45, 7) is 2.83. The highest BCUT2D eigenvalue weighted by molar-refractivity contribution is 5.82. The largest absolute Gasteiger partial charge is 0.351 e. The molecule has 0 saturated carbocycles. The first-order chi connectivity index (χ1) is 8.65. The fourth-order valence-corrected chi connectivity index (χ4v) is 2.03. The van der Waals surface area contributed by atoms with E-state index in [2.05, 4.69) is 15.5 Å². The normalized spacial score (nSPS) is 20.7. The Kier molecular flexibility index (Phi) is 4.28. The van der Waals surface area contributed by atoms with E-state index >= 15 is 0 Å². The second kappa shape index (κ2) is 5.93. The molecule has 1 atom stereocenters. The number of amides is 1. The molecular weight excluding hydrogens is 233 g/mol. The van der Waals surface area contributed by atoms with Crippen LogP contribution in [-0.2, 0) is 11.3 Å². The van der Waals surface area contributed by atoms with Gasteiger partial charge in [0.2, 0.25) is 5.91 Å². The van der Waals surface area contributed by atoms with Crippen molar-refractivity contribution in [1.29, 1.82) is 0 Å². The van der Waals surface area contributed by atoms with Crippen molar-refractivity contribution in [2.75, 3.05) is 26.7 Å². The van der Waals surface area contributed by atoms with Crippen LogP contribution in [0.2, 0.25) is 0 Å². The topological polar surface area (TPSA) is 44.4 Å². The lowest BCUT2D eigenvalue weighted by molar-refractivity contribution is -0.124. The van der Waals surface area contributed by atoms with Crippen LogP contribution in [0.5, 0.6) is 0 Å². The van der Waals surface area contributed by atoms with Crippen LogP contribution in [0.4, 0.5) is 4.39 Å². The maximum Gasteiger partial charge on any atom is 0.238 e. The van der Waals surface area contributed by atoms with E-state index < -0.39 is 0 Å². The van der Waals surface area contributed by atoms with Crippen LogP contribution in [0.25, 0.3) is 0 Å². The Hall–Kier alpha value is -1.46. The summed E-state index contributed by atoms with van der Waals surface area (Å²) in [6.07, 6.45) is 0. The highest BCUT2D eigenvalue weighted by Crippen LogP contribution is 2.03. The van der Waals surface area contributed by atoms with E-state index in [0.717, 1.165) is 18.7 Å². The van der Waals surface area contributed by atoms with Crippen molar-refractivity contribution in [2.24, 2.45) is 0 Å². The van der Waals surface area contributed by atoms with Gasteiger partial charge in [0.25, 0.3) is 0 Å². The number of carbonyl (C=O) groups is 1. The van der Waals surface area contributed by atoms with E-state index in [-0.39, 0.29) is 17.8 Å². The molecule has 1 aliphatic heterocycles. The standard InChI is InChI=1S/C13H18FN3O/c1-17-6-5-15-12(9-17)13(18)16-8-10-3-2-4-11(14)7-10/h2-4,7,12,15H,5-6,8-9H2,1H3,(H,16,18). The highest BCUT2D eigenvalue weighted by atomic mass is 19.1. The van der Waals surface area contributed by atoms with Gasteiger partial charge >= 0.3 is 0 Å². The highest BCUT2D eigenvalue weighted by Gasteiger charge is 2.22. The summed E-state index contributed by atoms with van der Waals surface area (Å²) < 4.78 is 13.0. The number of likely N-dealkylation sites (N-methyl/N-ethyl adjacent to an activating group) is 1. The SMILES string of the molecule is CN1CCNC(C(=O)NCc2cccc(F)c2)C1. The van der Waals surface area contributed by atoms with Crippen molar-refractivity contribution in [1.82, 2.24) is 15.5 Å². The summed E-state index contributed by atoms with van der Waals surface area (Å²) in [5, 5.41) is 5.99. The Morgan fingerprint density at radius 2 is 2.44 bits per heavy atom. The minimum absolute atomic E-state index is 0.0363. The third-order valence-electron chi connectivity index (χ3n) is 3.05. The summed E-state index contributed by atoms with van der Waals surface area (Å²) in [5.74, 6) is -0.317. The summed E-state index contributed by atoms with van der Waals surface area (Å²) in [7, 11) is 1.99. The van der Waals surface area contributed by atoms with Gasteiger partial charge in [0.05, 0.1) is 6.04 Å². The Labute approximate surface area is 106 Å². The summed E-state index contributed by atoms with van der Waals surface area (Å²) in [4.78, 5) is 14.0. The molecule has 18 heavy (non-hydrogen) atoms. The molecule has 1 aromatic carbocycles. The fraction of sp³-hybridized carbons (Fsp3) is 0.462. The first-order valence-electron chi connectivity index (χ1n) is 6.09. The van der Waals surface area contributed by atoms with E-state index in [1.807, 2.05) is 7.05 Å². The fourth-order valence-electron chi connectivity index (χ4n) is 2.03. The third-order valence-corrected chi connectivity index (χ3v) is 3.05. The molecule has 2 rings (SSSR count). The smallest absolute Gasteiger partial charge is 0.238 e. The predicted molar refractivity (Wildman–Crippen MR) is 67.5 cm³/mol. The quantitative estimate of drug-likeness (QED) is 0.814. The van der Waals surface area contributed by atoms with Crippen molar-refractivity contribution in [3.63, 3.8) is 0 Å². The minimum Gasteiger partial charge on any atom is -0.351 e. The van der Waals surface area contributed by atoms with Gasteiger partial charge in [-0.3, -0.25) is 4.79 Å². The van der Waals surface area contributed by atoms with E-state index in [9.17, 15) is 9.18 Å². The van der Waals surface area contributed by atoms with Crippen molar-refractivity contribution in [2.45, 2.75) is 12.6 Å². The van der Waals surface area contributed by atoms with Crippen molar-refractivity contribution in [3.05, 3.63) is 35.6 Å². The van der Waals surface area contributed by atoms with E-state index in [4.69, 9.17) is 0 Å². The summed E-state index contributed by atoms with van der Waals surface area (Å²) in [5.41, 5.74) is 0.771. The molecule has 1 unspecified atom stereocenters. The van der Waals surface area contributed by atoms with Crippen LogP contribution in [0.1, 0.15) is 5.56 Å². The lowest BCUT2D eigenvalue weighted by Gasteiger charge is -2.29. The third kappa shape index (κ3) is 3.51. The van der Waals surface area contributed by atoms with Gasteiger partial charge in [0.15, 0.2) is 0 Å².